The number of fused-ring (bicyclic) bond motifs is 1. The van der Waals surface area contributed by atoms with Gasteiger partial charge in [0.05, 0.1) is 33.8 Å². The average Bonchev–Trinajstić information content (AvgIpc) is 3.27. The first-order chi connectivity index (χ1) is 16.6. The second-order valence-electron chi connectivity index (χ2n) is 10.8. The second kappa shape index (κ2) is 9.01. The molecule has 0 spiro atoms. The third-order valence-corrected chi connectivity index (χ3v) is 8.98. The number of hydrogen-bond acceptors (Lipinski definition) is 5. The zero-order valence-electron chi connectivity index (χ0n) is 21.1. The van der Waals surface area contributed by atoms with Gasteiger partial charge in [0.15, 0.2) is 9.84 Å². The van der Waals surface area contributed by atoms with Crippen LogP contribution >= 0.6 is 0 Å². The van der Waals surface area contributed by atoms with Crippen molar-refractivity contribution < 1.29 is 27.4 Å². The summed E-state index contributed by atoms with van der Waals surface area (Å²) in [5.74, 6) is -0.769. The Morgan fingerprint density at radius 2 is 1.83 bits per heavy atom. The monoisotopic (exact) mass is 513 g/mol. The quantitative estimate of drug-likeness (QED) is 0.474. The van der Waals surface area contributed by atoms with Crippen molar-refractivity contribution in [2.24, 2.45) is 0 Å². The van der Waals surface area contributed by atoms with Gasteiger partial charge in [-0.25, -0.2) is 12.8 Å². The average molecular weight is 513 g/mol. The molecule has 1 amide bonds. The maximum atomic E-state index is 13.6. The number of amides is 1. The molecule has 2 heterocycles. The number of nitrogens with zero attached hydrogens (tertiary/aromatic N) is 1. The van der Waals surface area contributed by atoms with Gasteiger partial charge in [-0.15, -0.1) is 0 Å². The highest BCUT2D eigenvalue weighted by molar-refractivity contribution is 7.91. The van der Waals surface area contributed by atoms with Gasteiger partial charge in [0, 0.05) is 17.4 Å². The molecule has 3 aromatic rings. The molecule has 1 unspecified atom stereocenters. The Balaban J connectivity index is 1.71. The maximum absolute atomic E-state index is 13.6. The summed E-state index contributed by atoms with van der Waals surface area (Å²) in [6.07, 6.45) is 2.19. The van der Waals surface area contributed by atoms with Crippen LogP contribution in [0.15, 0.2) is 48.7 Å². The lowest BCUT2D eigenvalue weighted by molar-refractivity contribution is -0.0893. The molecule has 1 saturated heterocycles. The van der Waals surface area contributed by atoms with E-state index >= 15 is 0 Å². The molecule has 10 heteroatoms. The number of halogens is 1. The molecule has 1 aromatic heterocycles. The van der Waals surface area contributed by atoms with Gasteiger partial charge < -0.3 is 19.6 Å². The first-order valence-corrected chi connectivity index (χ1v) is 13.6. The fraction of sp³-hybridized carbons (Fsp3) is 0.423. The Hall–Kier alpha value is -2.69. The Morgan fingerprint density at radius 3 is 2.42 bits per heavy atom. The SMILES string of the molecule is CC1(NC(=O)c2ccc3c([B]OC(C)(C)C(C)(C)O)cn(-c4ccc(F)cc4)c3c2)CCS(=O)(=O)C1. The van der Waals surface area contributed by atoms with Crippen LogP contribution in [0, 0.1) is 5.82 Å². The third-order valence-electron chi connectivity index (χ3n) is 7.08. The fourth-order valence-electron chi connectivity index (χ4n) is 4.11. The predicted octanol–water partition coefficient (Wildman–Crippen LogP) is 2.89. The van der Waals surface area contributed by atoms with Gasteiger partial charge in [-0.3, -0.25) is 4.79 Å². The molecule has 0 bridgehead atoms. The standard InChI is InChI=1S/C26H31BFN2O5S/c1-24(2,32)25(3,4)35-27-21-15-30(19-9-7-18(28)8-10-19)22-14-17(6-11-20(21)22)23(31)29-26(5)12-13-36(33,34)16-26/h6-11,14-15,32H,12-13,16H2,1-5H3,(H,29,31). The van der Waals surface area contributed by atoms with E-state index in [9.17, 15) is 22.7 Å². The minimum atomic E-state index is -3.17. The number of aromatic nitrogens is 1. The van der Waals surface area contributed by atoms with Crippen molar-refractivity contribution in [2.75, 3.05) is 11.5 Å². The van der Waals surface area contributed by atoms with Crippen LogP contribution in [0.1, 0.15) is 51.4 Å². The summed E-state index contributed by atoms with van der Waals surface area (Å²) >= 11 is 0. The molecule has 1 aliphatic rings. The van der Waals surface area contributed by atoms with E-state index in [2.05, 4.69) is 5.32 Å². The smallest absolute Gasteiger partial charge is 0.333 e. The van der Waals surface area contributed by atoms with Gasteiger partial charge in [0.2, 0.25) is 0 Å². The summed E-state index contributed by atoms with van der Waals surface area (Å²) in [4.78, 5) is 13.1. The molecule has 0 aliphatic carbocycles. The summed E-state index contributed by atoms with van der Waals surface area (Å²) in [6.45, 7) is 8.65. The molecule has 4 rings (SSSR count). The normalized spacial score (nSPS) is 20.0. The number of rotatable bonds is 7. The molecule has 1 radical (unpaired) electrons. The van der Waals surface area contributed by atoms with E-state index in [0.717, 1.165) is 5.39 Å². The minimum absolute atomic E-state index is 0.0520. The van der Waals surface area contributed by atoms with Crippen molar-refractivity contribution in [1.82, 2.24) is 9.88 Å². The lowest BCUT2D eigenvalue weighted by atomic mass is 9.82. The molecule has 2 N–H and O–H groups in total. The van der Waals surface area contributed by atoms with E-state index in [4.69, 9.17) is 4.65 Å². The van der Waals surface area contributed by atoms with Crippen LogP contribution < -0.4 is 10.8 Å². The van der Waals surface area contributed by atoms with Crippen molar-refractivity contribution in [3.8, 4) is 5.69 Å². The maximum Gasteiger partial charge on any atom is 0.333 e. The van der Waals surface area contributed by atoms with Gasteiger partial charge in [0.1, 0.15) is 5.82 Å². The van der Waals surface area contributed by atoms with Crippen molar-refractivity contribution >= 4 is 39.6 Å². The van der Waals surface area contributed by atoms with Crippen LogP contribution in [0.4, 0.5) is 4.39 Å². The summed E-state index contributed by atoms with van der Waals surface area (Å²) in [6, 6.07) is 11.2. The Kier molecular flexibility index (Phi) is 6.60. The minimum Gasteiger partial charge on any atom is -0.427 e. The largest absolute Gasteiger partial charge is 0.427 e. The van der Waals surface area contributed by atoms with Crippen LogP contribution in [0.5, 0.6) is 0 Å². The molecule has 1 fully saturated rings. The number of nitrogens with one attached hydrogen (secondary N) is 1. The van der Waals surface area contributed by atoms with Crippen molar-refractivity contribution in [1.29, 1.82) is 0 Å². The Labute approximate surface area is 211 Å². The van der Waals surface area contributed by atoms with Crippen LogP contribution in [0.25, 0.3) is 16.6 Å². The topological polar surface area (TPSA) is 97.6 Å². The van der Waals surface area contributed by atoms with Crippen LogP contribution in [-0.2, 0) is 14.5 Å². The first kappa shape index (κ1) is 26.4. The first-order valence-electron chi connectivity index (χ1n) is 11.8. The number of sulfone groups is 1. The van der Waals surface area contributed by atoms with E-state index in [1.165, 1.54) is 12.1 Å². The summed E-state index contributed by atoms with van der Waals surface area (Å²) in [5.41, 5.74) is -0.337. The molecule has 0 saturated carbocycles. The van der Waals surface area contributed by atoms with Gasteiger partial charge in [-0.1, -0.05) is 6.07 Å². The molecule has 1 aliphatic heterocycles. The van der Waals surface area contributed by atoms with E-state index in [0.29, 0.717) is 28.7 Å². The van der Waals surface area contributed by atoms with Crippen molar-refractivity contribution in [3.63, 3.8) is 0 Å². The summed E-state index contributed by atoms with van der Waals surface area (Å²) in [5, 5.41) is 14.1. The van der Waals surface area contributed by atoms with Gasteiger partial charge in [0.25, 0.3) is 5.91 Å². The highest BCUT2D eigenvalue weighted by Crippen LogP contribution is 2.27. The highest BCUT2D eigenvalue weighted by Gasteiger charge is 2.40. The fourth-order valence-corrected chi connectivity index (χ4v) is 6.21. The third kappa shape index (κ3) is 5.35. The Bertz CT molecular complexity index is 1410. The summed E-state index contributed by atoms with van der Waals surface area (Å²) in [7, 11) is -1.60. The van der Waals surface area contributed by atoms with Gasteiger partial charge in [-0.05, 0) is 88.3 Å². The number of aliphatic hydroxyl groups is 1. The molecule has 36 heavy (non-hydrogen) atoms. The number of carbonyl (C=O) groups is 1. The van der Waals surface area contributed by atoms with Gasteiger partial charge in [-0.2, -0.15) is 0 Å². The molecular weight excluding hydrogens is 482 g/mol. The highest BCUT2D eigenvalue weighted by atomic mass is 32.2. The zero-order chi connectivity index (χ0) is 26.5. The zero-order valence-corrected chi connectivity index (χ0v) is 21.9. The van der Waals surface area contributed by atoms with Crippen molar-refractivity contribution in [3.05, 3.63) is 60.0 Å². The molecular formula is C26H31BFN2O5S. The van der Waals surface area contributed by atoms with E-state index in [1.54, 1.807) is 72.4 Å². The number of hydrogen-bond donors (Lipinski definition) is 2. The predicted molar refractivity (Wildman–Crippen MR) is 139 cm³/mol. The number of benzene rings is 2. The molecule has 1 atom stereocenters. The lowest BCUT2D eigenvalue weighted by Crippen LogP contribution is -2.49. The molecule has 2 aromatic carbocycles. The molecule has 7 nitrogen and oxygen atoms in total. The second-order valence-corrected chi connectivity index (χ2v) is 13.0. The van der Waals surface area contributed by atoms with E-state index < -0.39 is 26.6 Å². The van der Waals surface area contributed by atoms with Crippen LogP contribution in [0.2, 0.25) is 0 Å². The lowest BCUT2D eigenvalue weighted by Gasteiger charge is -2.37. The van der Waals surface area contributed by atoms with E-state index in [1.807, 2.05) is 10.8 Å². The summed E-state index contributed by atoms with van der Waals surface area (Å²) < 4.78 is 45.3. The van der Waals surface area contributed by atoms with Crippen LogP contribution in [0.3, 0.4) is 0 Å². The van der Waals surface area contributed by atoms with Crippen LogP contribution in [-0.4, -0.2) is 59.7 Å². The van der Waals surface area contributed by atoms with Crippen molar-refractivity contribution in [2.45, 2.75) is 57.8 Å². The van der Waals surface area contributed by atoms with Gasteiger partial charge >= 0.3 is 7.48 Å². The van der Waals surface area contributed by atoms with E-state index in [-0.39, 0.29) is 23.2 Å². The molecule has 191 valence electrons. The number of carbonyl (C=O) groups excluding carboxylic acids is 1. The Morgan fingerprint density at radius 1 is 1.17 bits per heavy atom.